The van der Waals surface area contributed by atoms with E-state index < -0.39 is 0 Å². The van der Waals surface area contributed by atoms with Crippen molar-refractivity contribution in [2.45, 2.75) is 39.0 Å². The Morgan fingerprint density at radius 2 is 1.85 bits per heavy atom. The molecule has 0 aliphatic heterocycles. The van der Waals surface area contributed by atoms with Gasteiger partial charge >= 0.3 is 0 Å². The molecule has 1 nitrogen and oxygen atoms in total. The van der Waals surface area contributed by atoms with Crippen molar-refractivity contribution in [2.24, 2.45) is 5.41 Å². The van der Waals surface area contributed by atoms with Gasteiger partial charge in [0.15, 0.2) is 0 Å². The van der Waals surface area contributed by atoms with Crippen LogP contribution in [-0.2, 0) is 0 Å². The summed E-state index contributed by atoms with van der Waals surface area (Å²) in [5.41, 5.74) is 0.550. The van der Waals surface area contributed by atoms with Crippen molar-refractivity contribution >= 4 is 0 Å². The van der Waals surface area contributed by atoms with Gasteiger partial charge in [-0.25, -0.2) is 0 Å². The number of hydrogen-bond acceptors (Lipinski definition) is 1. The summed E-state index contributed by atoms with van der Waals surface area (Å²) >= 11 is 0. The third-order valence-corrected chi connectivity index (χ3v) is 2.93. The zero-order valence-corrected chi connectivity index (χ0v) is 9.34. The maximum Gasteiger partial charge on any atom is 0.00293 e. The van der Waals surface area contributed by atoms with Crippen LogP contribution in [0, 0.1) is 5.41 Å². The fourth-order valence-electron chi connectivity index (χ4n) is 2.36. The van der Waals surface area contributed by atoms with E-state index in [1.54, 1.807) is 0 Å². The van der Waals surface area contributed by atoms with Crippen molar-refractivity contribution in [1.82, 2.24) is 4.90 Å². The van der Waals surface area contributed by atoms with Crippen molar-refractivity contribution in [1.29, 1.82) is 0 Å². The van der Waals surface area contributed by atoms with E-state index in [4.69, 9.17) is 0 Å². The summed E-state index contributed by atoms with van der Waals surface area (Å²) in [6.07, 6.45) is 11.3. The molecular weight excluding hydrogens is 158 g/mol. The summed E-state index contributed by atoms with van der Waals surface area (Å²) in [6.45, 7) is 3.67. The van der Waals surface area contributed by atoms with Crippen LogP contribution in [0.2, 0.25) is 0 Å². The van der Waals surface area contributed by atoms with E-state index in [0.29, 0.717) is 5.41 Å². The van der Waals surface area contributed by atoms with Crippen LogP contribution in [0.3, 0.4) is 0 Å². The normalized spacial score (nSPS) is 32.6. The van der Waals surface area contributed by atoms with Crippen molar-refractivity contribution in [3.63, 3.8) is 0 Å². The predicted molar refractivity (Wildman–Crippen MR) is 58.9 cm³/mol. The van der Waals surface area contributed by atoms with E-state index in [0.717, 1.165) is 0 Å². The summed E-state index contributed by atoms with van der Waals surface area (Å²) < 4.78 is 0. The topological polar surface area (TPSA) is 3.24 Å². The molecule has 0 N–H and O–H groups in total. The Hall–Kier alpha value is -0.300. The summed E-state index contributed by atoms with van der Waals surface area (Å²) in [5, 5.41) is 0. The molecule has 0 fully saturated rings. The van der Waals surface area contributed by atoms with Gasteiger partial charge in [-0.3, -0.25) is 0 Å². The van der Waals surface area contributed by atoms with Crippen molar-refractivity contribution in [3.05, 3.63) is 12.2 Å². The molecule has 0 amide bonds. The van der Waals surface area contributed by atoms with Crippen LogP contribution in [0.25, 0.3) is 0 Å². The van der Waals surface area contributed by atoms with Crippen LogP contribution in [0.1, 0.15) is 39.0 Å². The first-order valence-corrected chi connectivity index (χ1v) is 5.42. The Morgan fingerprint density at radius 1 is 1.15 bits per heavy atom. The minimum Gasteiger partial charge on any atom is -0.309 e. The molecule has 0 radical (unpaired) electrons. The molecule has 0 saturated carbocycles. The maximum atomic E-state index is 2.44. The fourth-order valence-corrected chi connectivity index (χ4v) is 2.36. The molecule has 0 aromatic rings. The van der Waals surface area contributed by atoms with Gasteiger partial charge in [0, 0.05) is 6.54 Å². The van der Waals surface area contributed by atoms with Crippen molar-refractivity contribution < 1.29 is 0 Å². The van der Waals surface area contributed by atoms with E-state index >= 15 is 0 Å². The Morgan fingerprint density at radius 3 is 2.54 bits per heavy atom. The van der Waals surface area contributed by atoms with Crippen LogP contribution in [0.5, 0.6) is 0 Å². The van der Waals surface area contributed by atoms with Gasteiger partial charge in [0.25, 0.3) is 0 Å². The first kappa shape index (κ1) is 10.8. The van der Waals surface area contributed by atoms with E-state index in [2.05, 4.69) is 38.1 Å². The van der Waals surface area contributed by atoms with E-state index in [1.807, 2.05) is 0 Å². The smallest absolute Gasteiger partial charge is 0.00293 e. The lowest BCUT2D eigenvalue weighted by molar-refractivity contribution is 0.184. The number of nitrogens with zero attached hydrogens (tertiary/aromatic N) is 1. The molecule has 13 heavy (non-hydrogen) atoms. The first-order valence-electron chi connectivity index (χ1n) is 5.42. The van der Waals surface area contributed by atoms with E-state index in [-0.39, 0.29) is 0 Å². The maximum absolute atomic E-state index is 2.44. The molecule has 1 aliphatic carbocycles. The monoisotopic (exact) mass is 181 g/mol. The van der Waals surface area contributed by atoms with Gasteiger partial charge in [0.2, 0.25) is 0 Å². The Bertz CT molecular complexity index is 172. The zero-order valence-electron chi connectivity index (χ0n) is 9.34. The molecule has 1 unspecified atom stereocenters. The quantitative estimate of drug-likeness (QED) is 0.592. The van der Waals surface area contributed by atoms with E-state index in [9.17, 15) is 0 Å². The average Bonchev–Trinajstić information content (AvgIpc) is 1.97. The molecule has 0 aromatic heterocycles. The van der Waals surface area contributed by atoms with Crippen LogP contribution in [-0.4, -0.2) is 25.5 Å². The van der Waals surface area contributed by atoms with Crippen LogP contribution >= 0.6 is 0 Å². The minimum absolute atomic E-state index is 0.550. The molecule has 1 aliphatic rings. The van der Waals surface area contributed by atoms with Gasteiger partial charge in [-0.05, 0) is 51.6 Å². The molecule has 76 valence electrons. The average molecular weight is 181 g/mol. The first-order chi connectivity index (χ1) is 6.12. The third kappa shape index (κ3) is 3.95. The standard InChI is InChI=1S/C12H23N/c1-12(11-13(2)3)9-7-5-4-6-8-10-12/h4-5H,6-11H2,1-3H3/b5-4-. The van der Waals surface area contributed by atoms with Crippen LogP contribution in [0.15, 0.2) is 12.2 Å². The van der Waals surface area contributed by atoms with Crippen molar-refractivity contribution in [2.75, 3.05) is 20.6 Å². The molecular formula is C12H23N. The summed E-state index contributed by atoms with van der Waals surface area (Å²) in [6, 6.07) is 0. The van der Waals surface area contributed by atoms with E-state index in [1.165, 1.54) is 38.6 Å². The highest BCUT2D eigenvalue weighted by atomic mass is 15.1. The van der Waals surface area contributed by atoms with Crippen LogP contribution < -0.4 is 0 Å². The molecule has 0 spiro atoms. The summed E-state index contributed by atoms with van der Waals surface area (Å²) in [4.78, 5) is 2.32. The highest BCUT2D eigenvalue weighted by molar-refractivity contribution is 4.89. The Kier molecular flexibility index (Phi) is 3.98. The highest BCUT2D eigenvalue weighted by Gasteiger charge is 2.24. The summed E-state index contributed by atoms with van der Waals surface area (Å²) in [5.74, 6) is 0. The second kappa shape index (κ2) is 4.80. The fraction of sp³-hybridized carbons (Fsp3) is 0.833. The predicted octanol–water partition coefficient (Wildman–Crippen LogP) is 3.07. The zero-order chi connectivity index (χ0) is 9.73. The molecule has 0 aromatic carbocycles. The van der Waals surface area contributed by atoms with Gasteiger partial charge in [0.05, 0.1) is 0 Å². The van der Waals surface area contributed by atoms with Gasteiger partial charge in [-0.15, -0.1) is 0 Å². The number of rotatable bonds is 2. The van der Waals surface area contributed by atoms with Gasteiger partial charge in [-0.1, -0.05) is 19.1 Å². The van der Waals surface area contributed by atoms with Gasteiger partial charge in [-0.2, -0.15) is 0 Å². The van der Waals surface area contributed by atoms with Crippen LogP contribution in [0.4, 0.5) is 0 Å². The van der Waals surface area contributed by atoms with Gasteiger partial charge in [0.1, 0.15) is 0 Å². The highest BCUT2D eigenvalue weighted by Crippen LogP contribution is 2.32. The largest absolute Gasteiger partial charge is 0.309 e. The second-order valence-corrected chi connectivity index (χ2v) is 4.95. The molecule has 1 rings (SSSR count). The summed E-state index contributed by atoms with van der Waals surface area (Å²) in [7, 11) is 4.36. The second-order valence-electron chi connectivity index (χ2n) is 4.95. The Balaban J connectivity index is 2.49. The SMILES string of the molecule is CN(C)CC1(C)CC/C=C\CCC1. The number of allylic oxidation sites excluding steroid dienone is 2. The molecule has 1 heteroatoms. The van der Waals surface area contributed by atoms with Gasteiger partial charge < -0.3 is 4.90 Å². The third-order valence-electron chi connectivity index (χ3n) is 2.93. The molecule has 0 saturated heterocycles. The lowest BCUT2D eigenvalue weighted by Crippen LogP contribution is -2.31. The molecule has 1 atom stereocenters. The number of hydrogen-bond donors (Lipinski definition) is 0. The molecule has 0 bridgehead atoms. The lowest BCUT2D eigenvalue weighted by atomic mass is 9.79. The van der Waals surface area contributed by atoms with Crippen molar-refractivity contribution in [3.8, 4) is 0 Å². The molecule has 0 heterocycles. The Labute approximate surface area is 82.8 Å². The minimum atomic E-state index is 0.550. The lowest BCUT2D eigenvalue weighted by Gasteiger charge is -2.33.